The van der Waals surface area contributed by atoms with Crippen LogP contribution >= 0.6 is 34.7 Å². The molecular weight excluding hydrogens is 771 g/mol. The lowest BCUT2D eigenvalue weighted by Crippen LogP contribution is -2.30. The Morgan fingerprint density at radius 2 is 1.68 bits per heavy atom. The van der Waals surface area contributed by atoms with Gasteiger partial charge in [-0.25, -0.2) is 9.18 Å². The molecule has 4 aromatic carbocycles. The lowest BCUT2D eigenvalue weighted by molar-refractivity contribution is -0.116. The molecule has 1 atom stereocenters. The zero-order valence-electron chi connectivity index (χ0n) is 30.8. The number of carbonyl (C=O) groups excluding carboxylic acids is 4. The van der Waals surface area contributed by atoms with Crippen molar-refractivity contribution in [3.8, 4) is 0 Å². The SMILES string of the molecule is CCOC(=O)c1c(NC(=O)C(CC)Sc2cccc(NC(=O)/C(=C\c3c(F)cccc3Cl)NC(=O)c3ccccc3)c2)sc2c1CCN(Cc1ccccc1)C2. The molecule has 1 unspecified atom stereocenters. The van der Waals surface area contributed by atoms with Crippen LogP contribution in [0.5, 0.6) is 0 Å². The van der Waals surface area contributed by atoms with Gasteiger partial charge in [0.1, 0.15) is 16.5 Å². The summed E-state index contributed by atoms with van der Waals surface area (Å²) in [5, 5.41) is 8.42. The second-order valence-electron chi connectivity index (χ2n) is 12.9. The molecule has 1 aliphatic heterocycles. The number of rotatable bonds is 14. The van der Waals surface area contributed by atoms with E-state index in [4.69, 9.17) is 16.3 Å². The van der Waals surface area contributed by atoms with Crippen LogP contribution in [0, 0.1) is 5.82 Å². The lowest BCUT2D eigenvalue weighted by atomic mass is 10.0. The highest BCUT2D eigenvalue weighted by molar-refractivity contribution is 8.00. The van der Waals surface area contributed by atoms with Crippen LogP contribution in [-0.2, 0) is 33.8 Å². The second kappa shape index (κ2) is 19.1. The van der Waals surface area contributed by atoms with Crippen LogP contribution in [0.25, 0.3) is 6.08 Å². The van der Waals surface area contributed by atoms with E-state index in [9.17, 15) is 23.6 Å². The van der Waals surface area contributed by atoms with Gasteiger partial charge < -0.3 is 20.7 Å². The van der Waals surface area contributed by atoms with Gasteiger partial charge in [-0.1, -0.05) is 79.2 Å². The summed E-state index contributed by atoms with van der Waals surface area (Å²) in [6.07, 6.45) is 2.32. The topological polar surface area (TPSA) is 117 Å². The minimum atomic E-state index is -0.712. The molecule has 0 fully saturated rings. The van der Waals surface area contributed by atoms with E-state index in [1.807, 2.05) is 31.2 Å². The van der Waals surface area contributed by atoms with Crippen LogP contribution in [0.3, 0.4) is 0 Å². The van der Waals surface area contributed by atoms with Crippen molar-refractivity contribution in [3.63, 3.8) is 0 Å². The predicted molar refractivity (Wildman–Crippen MR) is 221 cm³/mol. The van der Waals surface area contributed by atoms with Gasteiger partial charge in [-0.15, -0.1) is 23.1 Å². The number of halogens is 2. The molecule has 3 N–H and O–H groups in total. The highest BCUT2D eigenvalue weighted by atomic mass is 35.5. The van der Waals surface area contributed by atoms with Crippen molar-refractivity contribution in [2.45, 2.75) is 49.9 Å². The maximum Gasteiger partial charge on any atom is 0.341 e. The molecule has 0 aliphatic carbocycles. The fraction of sp³-hybridized carbons (Fsp3) is 0.209. The van der Waals surface area contributed by atoms with E-state index in [2.05, 4.69) is 33.0 Å². The van der Waals surface area contributed by atoms with Gasteiger partial charge in [0.15, 0.2) is 0 Å². The molecule has 0 bridgehead atoms. The van der Waals surface area contributed by atoms with Crippen LogP contribution in [0.1, 0.15) is 62.6 Å². The summed E-state index contributed by atoms with van der Waals surface area (Å²) in [7, 11) is 0. The first-order valence-corrected chi connectivity index (χ1v) is 20.2. The van der Waals surface area contributed by atoms with Gasteiger partial charge in [0, 0.05) is 46.2 Å². The Hall–Kier alpha value is -5.27. The standard InChI is InChI=1S/C43H40ClFN4O5S2/c1-3-36(41(52)48-42-38(43(53)54-4-2)31-21-22-49(26-37(31)56-42)25-27-13-7-5-8-14-27)55-30-18-11-17-29(23-30)46-40(51)35(24-32-33(44)19-12-20-34(32)45)47-39(50)28-15-9-6-10-16-28/h5-20,23-24,36H,3-4,21-22,25-26H2,1-2H3,(H,46,51)(H,47,50)(H,48,52)/b35-24+. The summed E-state index contributed by atoms with van der Waals surface area (Å²) in [6, 6.07) is 29.6. The van der Waals surface area contributed by atoms with E-state index in [0.717, 1.165) is 23.5 Å². The van der Waals surface area contributed by atoms with Gasteiger partial charge in [0.2, 0.25) is 5.91 Å². The zero-order valence-corrected chi connectivity index (χ0v) is 33.2. The van der Waals surface area contributed by atoms with Crippen LogP contribution < -0.4 is 16.0 Å². The molecule has 0 spiro atoms. The third-order valence-electron chi connectivity index (χ3n) is 8.95. The molecule has 1 aliphatic rings. The average Bonchev–Trinajstić information content (AvgIpc) is 3.55. The Labute approximate surface area is 338 Å². The third-order valence-corrected chi connectivity index (χ3v) is 11.8. The van der Waals surface area contributed by atoms with Crippen molar-refractivity contribution in [1.82, 2.24) is 10.2 Å². The normalized spacial score (nSPS) is 13.3. The van der Waals surface area contributed by atoms with Crippen molar-refractivity contribution in [2.75, 3.05) is 23.8 Å². The number of thioether (sulfide) groups is 1. The van der Waals surface area contributed by atoms with Gasteiger partial charge in [-0.05, 0) is 79.4 Å². The summed E-state index contributed by atoms with van der Waals surface area (Å²) in [5.74, 6) is -2.67. The number of hydrogen-bond acceptors (Lipinski definition) is 8. The maximum absolute atomic E-state index is 14.8. The maximum atomic E-state index is 14.8. The molecule has 9 nitrogen and oxygen atoms in total. The number of thiophene rings is 1. The fourth-order valence-corrected chi connectivity index (χ4v) is 8.71. The molecule has 13 heteroatoms. The number of carbonyl (C=O) groups is 4. The summed E-state index contributed by atoms with van der Waals surface area (Å²) >= 11 is 8.98. The largest absolute Gasteiger partial charge is 0.462 e. The fourth-order valence-electron chi connectivity index (χ4n) is 6.20. The summed E-state index contributed by atoms with van der Waals surface area (Å²) < 4.78 is 20.2. The molecule has 0 radical (unpaired) electrons. The first-order chi connectivity index (χ1) is 27.1. The van der Waals surface area contributed by atoms with Gasteiger partial charge in [-0.2, -0.15) is 0 Å². The second-order valence-corrected chi connectivity index (χ2v) is 15.7. The Morgan fingerprint density at radius 1 is 0.946 bits per heavy atom. The van der Waals surface area contributed by atoms with E-state index in [-0.39, 0.29) is 28.8 Å². The van der Waals surface area contributed by atoms with Crippen molar-refractivity contribution >= 4 is 75.2 Å². The number of anilines is 2. The minimum Gasteiger partial charge on any atom is -0.462 e. The third kappa shape index (κ3) is 10.1. The smallest absolute Gasteiger partial charge is 0.341 e. The average molecular weight is 811 g/mol. The lowest BCUT2D eigenvalue weighted by Gasteiger charge is -2.27. The predicted octanol–water partition coefficient (Wildman–Crippen LogP) is 9.19. The first-order valence-electron chi connectivity index (χ1n) is 18.1. The highest BCUT2D eigenvalue weighted by Crippen LogP contribution is 2.39. The molecule has 0 saturated heterocycles. The number of benzene rings is 4. The number of nitrogens with one attached hydrogen (secondary N) is 3. The zero-order chi connectivity index (χ0) is 39.6. The van der Waals surface area contributed by atoms with E-state index in [1.54, 1.807) is 55.5 Å². The van der Waals surface area contributed by atoms with E-state index >= 15 is 0 Å². The van der Waals surface area contributed by atoms with Gasteiger partial charge in [0.05, 0.1) is 22.4 Å². The summed E-state index contributed by atoms with van der Waals surface area (Å²) in [6.45, 7) is 6.07. The van der Waals surface area contributed by atoms with Crippen LogP contribution in [0.2, 0.25) is 5.02 Å². The quantitative estimate of drug-likeness (QED) is 0.0582. The van der Waals surface area contributed by atoms with Gasteiger partial charge in [-0.3, -0.25) is 19.3 Å². The number of ether oxygens (including phenoxy) is 1. The summed E-state index contributed by atoms with van der Waals surface area (Å²) in [5.41, 5.74) is 2.94. The number of fused-ring (bicyclic) bond motifs is 1. The molecule has 2 heterocycles. The molecule has 288 valence electrons. The molecular formula is C43H40ClFN4O5S2. The Morgan fingerprint density at radius 3 is 2.39 bits per heavy atom. The molecule has 5 aromatic rings. The van der Waals surface area contributed by atoms with Crippen molar-refractivity contribution in [3.05, 3.63) is 152 Å². The molecule has 1 aromatic heterocycles. The number of nitrogens with zero attached hydrogens (tertiary/aromatic N) is 1. The minimum absolute atomic E-state index is 0.0593. The monoisotopic (exact) mass is 810 g/mol. The molecule has 56 heavy (non-hydrogen) atoms. The van der Waals surface area contributed by atoms with Crippen molar-refractivity contribution in [1.29, 1.82) is 0 Å². The Bertz CT molecular complexity index is 2230. The molecule has 6 rings (SSSR count). The van der Waals surface area contributed by atoms with Crippen molar-refractivity contribution in [2.24, 2.45) is 0 Å². The molecule has 3 amide bonds. The number of esters is 1. The highest BCUT2D eigenvalue weighted by Gasteiger charge is 2.31. The Kier molecular flexibility index (Phi) is 13.7. The van der Waals surface area contributed by atoms with E-state index < -0.39 is 28.9 Å². The number of hydrogen-bond donors (Lipinski definition) is 3. The van der Waals surface area contributed by atoms with E-state index in [1.165, 1.54) is 52.9 Å². The van der Waals surface area contributed by atoms with Crippen LogP contribution in [0.15, 0.2) is 114 Å². The van der Waals surface area contributed by atoms with E-state index in [0.29, 0.717) is 46.1 Å². The van der Waals surface area contributed by atoms with Crippen LogP contribution in [0.4, 0.5) is 15.1 Å². The summed E-state index contributed by atoms with van der Waals surface area (Å²) in [4.78, 5) is 57.9. The van der Waals surface area contributed by atoms with Gasteiger partial charge >= 0.3 is 5.97 Å². The van der Waals surface area contributed by atoms with Gasteiger partial charge in [0.25, 0.3) is 11.8 Å². The van der Waals surface area contributed by atoms with Crippen molar-refractivity contribution < 1.29 is 28.3 Å². The Balaban J connectivity index is 1.18. The molecule has 0 saturated carbocycles. The number of amides is 3. The van der Waals surface area contributed by atoms with Crippen LogP contribution in [-0.4, -0.2) is 47.0 Å². The first kappa shape index (κ1) is 40.4.